The Hall–Kier alpha value is -1.75. The number of carbonyl (C=O) groups excluding carboxylic acids is 2. The van der Waals surface area contributed by atoms with Gasteiger partial charge in [0.25, 0.3) is 0 Å². The summed E-state index contributed by atoms with van der Waals surface area (Å²) in [6.45, 7) is 2.08. The van der Waals surface area contributed by atoms with Crippen LogP contribution in [0.15, 0.2) is 24.3 Å². The first-order valence-electron chi connectivity index (χ1n) is 9.24. The Bertz CT molecular complexity index is 506. The number of unbranched alkanes of at least 4 members (excludes halogenated alkanes) is 3. The van der Waals surface area contributed by atoms with Crippen LogP contribution < -0.4 is 0 Å². The molecule has 0 aliphatic heterocycles. The molecule has 0 aromatic heterocycles. The molecule has 0 saturated heterocycles. The van der Waals surface area contributed by atoms with E-state index < -0.39 is 12.1 Å². The van der Waals surface area contributed by atoms with Gasteiger partial charge in [-0.05, 0) is 31.8 Å². The Balaban J connectivity index is 2.49. The van der Waals surface area contributed by atoms with E-state index in [4.69, 9.17) is 5.11 Å². The lowest BCUT2D eigenvalue weighted by Gasteiger charge is -2.15. The molecule has 0 spiro atoms. The molecule has 1 saturated carbocycles. The van der Waals surface area contributed by atoms with Crippen molar-refractivity contribution in [2.75, 3.05) is 0 Å². The average Bonchev–Trinajstić information content (AvgIpc) is 2.82. The van der Waals surface area contributed by atoms with E-state index in [0.717, 1.165) is 19.3 Å². The second-order valence-electron chi connectivity index (χ2n) is 6.70. The molecule has 1 fully saturated rings. The minimum Gasteiger partial charge on any atom is -0.481 e. The van der Waals surface area contributed by atoms with Gasteiger partial charge in [-0.25, -0.2) is 0 Å². The number of allylic oxidation sites excluding steroid dienone is 3. The van der Waals surface area contributed by atoms with E-state index in [1.807, 2.05) is 12.2 Å². The van der Waals surface area contributed by atoms with E-state index >= 15 is 0 Å². The zero-order valence-corrected chi connectivity index (χ0v) is 15.0. The molecule has 0 radical (unpaired) electrons. The molecule has 1 unspecified atom stereocenters. The third kappa shape index (κ3) is 8.25. The highest BCUT2D eigenvalue weighted by molar-refractivity contribution is 5.90. The molecule has 5 nitrogen and oxygen atoms in total. The van der Waals surface area contributed by atoms with E-state index in [9.17, 15) is 19.5 Å². The molecule has 3 atom stereocenters. The van der Waals surface area contributed by atoms with Crippen molar-refractivity contribution in [2.45, 2.75) is 70.8 Å². The second kappa shape index (κ2) is 11.7. The Morgan fingerprint density at radius 3 is 2.60 bits per heavy atom. The van der Waals surface area contributed by atoms with E-state index in [0.29, 0.717) is 25.7 Å². The van der Waals surface area contributed by atoms with Crippen LogP contribution in [0.3, 0.4) is 0 Å². The highest BCUT2D eigenvalue weighted by Gasteiger charge is 2.39. The minimum absolute atomic E-state index is 0.0239. The van der Waals surface area contributed by atoms with Crippen LogP contribution in [-0.4, -0.2) is 33.9 Å². The van der Waals surface area contributed by atoms with E-state index in [1.54, 1.807) is 6.08 Å². The predicted molar refractivity (Wildman–Crippen MR) is 96.1 cm³/mol. The number of carbonyl (C=O) groups is 3. The molecule has 1 aliphatic rings. The van der Waals surface area contributed by atoms with Crippen molar-refractivity contribution in [1.29, 1.82) is 0 Å². The first kappa shape index (κ1) is 21.3. The fraction of sp³-hybridized carbons (Fsp3) is 0.650. The van der Waals surface area contributed by atoms with Crippen molar-refractivity contribution in [3.05, 3.63) is 24.3 Å². The molecule has 5 heteroatoms. The van der Waals surface area contributed by atoms with Crippen LogP contribution in [-0.2, 0) is 14.4 Å². The standard InChI is InChI=1S/C20H30O5/c1-2-3-6-9-15(21)12-13-17-16(18(22)14-19(17)23)10-7-4-5-8-11-20(24)25/h4,7,12-13,16-17,19,23H,2-3,5-6,8-11,14H2,1H3,(H,24,25)/b7-4-,13-12+/t16-,17+,19?/m0/s1. The van der Waals surface area contributed by atoms with Gasteiger partial charge in [-0.15, -0.1) is 0 Å². The van der Waals surface area contributed by atoms with Gasteiger partial charge in [0.05, 0.1) is 6.10 Å². The maximum absolute atomic E-state index is 12.1. The fourth-order valence-electron chi connectivity index (χ4n) is 3.11. The summed E-state index contributed by atoms with van der Waals surface area (Å²) in [7, 11) is 0. The lowest BCUT2D eigenvalue weighted by molar-refractivity contribution is -0.137. The smallest absolute Gasteiger partial charge is 0.303 e. The van der Waals surface area contributed by atoms with E-state index in [-0.39, 0.29) is 36.2 Å². The lowest BCUT2D eigenvalue weighted by atomic mass is 9.90. The predicted octanol–water partition coefficient (Wildman–Crippen LogP) is 3.46. The molecule has 1 aliphatic carbocycles. The monoisotopic (exact) mass is 350 g/mol. The first-order valence-corrected chi connectivity index (χ1v) is 9.24. The zero-order chi connectivity index (χ0) is 18.7. The number of ketones is 2. The summed E-state index contributed by atoms with van der Waals surface area (Å²) in [5, 5.41) is 18.7. The van der Waals surface area contributed by atoms with Gasteiger partial charge >= 0.3 is 5.97 Å². The molecular formula is C20H30O5. The Labute approximate surface area is 149 Å². The number of rotatable bonds is 12. The molecule has 25 heavy (non-hydrogen) atoms. The number of aliphatic carboxylic acids is 1. The molecule has 2 N–H and O–H groups in total. The Morgan fingerprint density at radius 2 is 1.92 bits per heavy atom. The third-order valence-corrected chi connectivity index (χ3v) is 4.58. The zero-order valence-electron chi connectivity index (χ0n) is 15.0. The minimum atomic E-state index is -0.809. The molecule has 1 rings (SSSR count). The number of aliphatic hydroxyl groups is 1. The molecule has 0 aromatic carbocycles. The van der Waals surface area contributed by atoms with Crippen molar-refractivity contribution < 1.29 is 24.6 Å². The Kier molecular flexibility index (Phi) is 10.0. The SMILES string of the molecule is CCCCCC(=O)/C=C/[C@H]1C(O)CC(=O)[C@H]1C/C=C\CCCC(=O)O. The van der Waals surface area contributed by atoms with Crippen LogP contribution >= 0.6 is 0 Å². The van der Waals surface area contributed by atoms with Gasteiger partial charge in [0.15, 0.2) is 5.78 Å². The van der Waals surface area contributed by atoms with Gasteiger partial charge in [-0.1, -0.05) is 38.0 Å². The van der Waals surface area contributed by atoms with E-state index in [2.05, 4.69) is 6.92 Å². The average molecular weight is 350 g/mol. The van der Waals surface area contributed by atoms with Gasteiger partial charge in [-0.3, -0.25) is 14.4 Å². The highest BCUT2D eigenvalue weighted by atomic mass is 16.4. The summed E-state index contributed by atoms with van der Waals surface area (Å²) >= 11 is 0. The van der Waals surface area contributed by atoms with Gasteiger partial charge < -0.3 is 10.2 Å². The van der Waals surface area contributed by atoms with Crippen molar-refractivity contribution in [1.82, 2.24) is 0 Å². The lowest BCUT2D eigenvalue weighted by Crippen LogP contribution is -2.18. The van der Waals surface area contributed by atoms with Crippen LogP contribution in [0.25, 0.3) is 0 Å². The van der Waals surface area contributed by atoms with Crippen LogP contribution in [0.2, 0.25) is 0 Å². The second-order valence-corrected chi connectivity index (χ2v) is 6.70. The molecule has 0 amide bonds. The number of carboxylic acids is 1. The van der Waals surface area contributed by atoms with Crippen molar-refractivity contribution in [2.24, 2.45) is 11.8 Å². The van der Waals surface area contributed by atoms with Crippen molar-refractivity contribution in [3.63, 3.8) is 0 Å². The maximum Gasteiger partial charge on any atom is 0.303 e. The molecule has 140 valence electrons. The van der Waals surface area contributed by atoms with Gasteiger partial charge in [0.2, 0.25) is 0 Å². The Morgan fingerprint density at radius 1 is 1.16 bits per heavy atom. The quantitative estimate of drug-likeness (QED) is 0.319. The number of aliphatic hydroxyl groups excluding tert-OH is 1. The molecular weight excluding hydrogens is 320 g/mol. The van der Waals surface area contributed by atoms with Gasteiger partial charge in [-0.2, -0.15) is 0 Å². The number of hydrogen-bond donors (Lipinski definition) is 2. The molecule has 0 bridgehead atoms. The number of Topliss-reactive ketones (excluding diaryl/α,β-unsaturated/α-hetero) is 1. The number of carboxylic acid groups (broad SMARTS) is 1. The van der Waals surface area contributed by atoms with Gasteiger partial charge in [0, 0.05) is 31.1 Å². The first-order chi connectivity index (χ1) is 12.0. The summed E-state index contributed by atoms with van der Waals surface area (Å²) in [5.74, 6) is -1.35. The summed E-state index contributed by atoms with van der Waals surface area (Å²) in [5.41, 5.74) is 0. The van der Waals surface area contributed by atoms with Crippen LogP contribution in [0.4, 0.5) is 0 Å². The summed E-state index contributed by atoms with van der Waals surface area (Å²) in [6.07, 6.45) is 11.8. The summed E-state index contributed by atoms with van der Waals surface area (Å²) in [4.78, 5) is 34.4. The van der Waals surface area contributed by atoms with Crippen LogP contribution in [0.5, 0.6) is 0 Å². The fourth-order valence-corrected chi connectivity index (χ4v) is 3.11. The maximum atomic E-state index is 12.1. The van der Waals surface area contributed by atoms with Crippen molar-refractivity contribution in [3.8, 4) is 0 Å². The molecule has 0 aromatic rings. The van der Waals surface area contributed by atoms with Gasteiger partial charge in [0.1, 0.15) is 5.78 Å². The number of hydrogen-bond acceptors (Lipinski definition) is 4. The third-order valence-electron chi connectivity index (χ3n) is 4.58. The molecule has 0 heterocycles. The largest absolute Gasteiger partial charge is 0.481 e. The van der Waals surface area contributed by atoms with Crippen LogP contribution in [0, 0.1) is 11.8 Å². The summed E-state index contributed by atoms with van der Waals surface area (Å²) in [6, 6.07) is 0. The van der Waals surface area contributed by atoms with Crippen LogP contribution in [0.1, 0.15) is 64.7 Å². The normalized spacial score (nSPS) is 23.8. The topological polar surface area (TPSA) is 91.7 Å². The summed E-state index contributed by atoms with van der Waals surface area (Å²) < 4.78 is 0. The highest BCUT2D eigenvalue weighted by Crippen LogP contribution is 2.33. The van der Waals surface area contributed by atoms with E-state index in [1.165, 1.54) is 6.08 Å². The van der Waals surface area contributed by atoms with Crippen molar-refractivity contribution >= 4 is 17.5 Å².